The maximum Gasteiger partial charge on any atom is 0.234 e. The van der Waals surface area contributed by atoms with E-state index in [1.165, 1.54) is 0 Å². The summed E-state index contributed by atoms with van der Waals surface area (Å²) < 4.78 is 14.1. The molecule has 0 saturated heterocycles. The van der Waals surface area contributed by atoms with E-state index in [-0.39, 0.29) is 12.1 Å². The average Bonchev–Trinajstić information content (AvgIpc) is 2.74. The lowest BCUT2D eigenvalue weighted by Gasteiger charge is -2.25. The van der Waals surface area contributed by atoms with Gasteiger partial charge in [0.1, 0.15) is 7.14 Å². The van der Waals surface area contributed by atoms with Crippen molar-refractivity contribution in [1.82, 2.24) is 0 Å². The summed E-state index contributed by atoms with van der Waals surface area (Å²) in [6.45, 7) is 1.78. The van der Waals surface area contributed by atoms with Crippen molar-refractivity contribution in [3.8, 4) is 0 Å². The zero-order chi connectivity index (χ0) is 19.3. The third-order valence-corrected chi connectivity index (χ3v) is 7.80. The second-order valence-corrected chi connectivity index (χ2v) is 9.38. The highest BCUT2D eigenvalue weighted by molar-refractivity contribution is 7.78. The number of rotatable bonds is 6. The molecule has 0 N–H and O–H groups in total. The van der Waals surface area contributed by atoms with Gasteiger partial charge in [0.15, 0.2) is 0 Å². The zero-order valence-electron chi connectivity index (χ0n) is 15.6. The van der Waals surface area contributed by atoms with Crippen molar-refractivity contribution in [3.05, 3.63) is 96.9 Å². The van der Waals surface area contributed by atoms with Crippen molar-refractivity contribution in [2.24, 2.45) is 0 Å². The van der Waals surface area contributed by atoms with Crippen molar-refractivity contribution in [2.75, 3.05) is 18.1 Å². The fourth-order valence-electron chi connectivity index (χ4n) is 3.13. The van der Waals surface area contributed by atoms with Gasteiger partial charge in [-0.05, 0) is 19.1 Å². The van der Waals surface area contributed by atoms with Crippen molar-refractivity contribution in [1.29, 1.82) is 0 Å². The molecule has 1 radical (unpaired) electrons. The Morgan fingerprint density at radius 1 is 0.778 bits per heavy atom. The third kappa shape index (κ3) is 4.20. The van der Waals surface area contributed by atoms with E-state index < -0.39 is 7.14 Å². The minimum atomic E-state index is -2.95. The lowest BCUT2D eigenvalue weighted by atomic mass is 10.2. The fraction of sp³-hybridized carbons (Fsp3) is 0.130. The Hall–Kier alpha value is -2.64. The standard InChI is InChI=1S/C23H23NO2P/c1-19(23(25)24(2)20-12-6-3-7-13-20)18-27(26,21-14-8-4-9-15-21)22-16-10-5-11-17-22/h3-17H,18H2,1-2H3. The molecule has 0 fully saturated rings. The van der Waals surface area contributed by atoms with E-state index >= 15 is 0 Å². The van der Waals surface area contributed by atoms with Gasteiger partial charge < -0.3 is 9.46 Å². The SMILES string of the molecule is C[C](CP(=O)(c1ccccc1)c1ccccc1)C(=O)N(C)c1ccccc1. The number of anilines is 1. The lowest BCUT2D eigenvalue weighted by molar-refractivity contribution is -0.116. The van der Waals surface area contributed by atoms with Crippen LogP contribution < -0.4 is 15.5 Å². The minimum Gasteiger partial charge on any atom is -0.315 e. The lowest BCUT2D eigenvalue weighted by Crippen LogP contribution is -2.33. The molecule has 0 aliphatic carbocycles. The molecule has 0 aliphatic rings. The molecule has 0 unspecified atom stereocenters. The van der Waals surface area contributed by atoms with Gasteiger partial charge >= 0.3 is 0 Å². The van der Waals surface area contributed by atoms with Gasteiger partial charge in [0.05, 0.1) is 5.92 Å². The Kier molecular flexibility index (Phi) is 5.93. The Balaban J connectivity index is 1.91. The van der Waals surface area contributed by atoms with Crippen LogP contribution in [0.25, 0.3) is 0 Å². The monoisotopic (exact) mass is 376 g/mol. The molecular formula is C23H23NO2P. The summed E-state index contributed by atoms with van der Waals surface area (Å²) in [7, 11) is -1.20. The van der Waals surface area contributed by atoms with Crippen molar-refractivity contribution < 1.29 is 9.36 Å². The van der Waals surface area contributed by atoms with Crippen molar-refractivity contribution in [3.63, 3.8) is 0 Å². The fourth-order valence-corrected chi connectivity index (χ4v) is 5.90. The summed E-state index contributed by atoms with van der Waals surface area (Å²) in [6, 6.07) is 28.4. The first-order valence-corrected chi connectivity index (χ1v) is 10.8. The predicted octanol–water partition coefficient (Wildman–Crippen LogP) is 4.26. The molecule has 4 heteroatoms. The van der Waals surface area contributed by atoms with E-state index in [2.05, 4.69) is 0 Å². The largest absolute Gasteiger partial charge is 0.315 e. The molecule has 3 aromatic carbocycles. The number of carbonyl (C=O) groups excluding carboxylic acids is 1. The molecule has 3 aromatic rings. The van der Waals surface area contributed by atoms with Gasteiger partial charge in [-0.2, -0.15) is 0 Å². The number of amides is 1. The molecule has 137 valence electrons. The normalized spacial score (nSPS) is 11.4. The summed E-state index contributed by atoms with van der Waals surface area (Å²) in [5.74, 6) is 0.464. The quantitative estimate of drug-likeness (QED) is 0.603. The molecule has 0 aromatic heterocycles. The maximum atomic E-state index is 14.1. The van der Waals surface area contributed by atoms with Gasteiger partial charge in [0, 0.05) is 29.5 Å². The number of hydrogen-bond donors (Lipinski definition) is 0. The van der Waals surface area contributed by atoms with Crippen molar-refractivity contribution in [2.45, 2.75) is 6.92 Å². The number of carbonyl (C=O) groups is 1. The number of para-hydroxylation sites is 1. The van der Waals surface area contributed by atoms with Gasteiger partial charge in [-0.15, -0.1) is 0 Å². The van der Waals surface area contributed by atoms with Gasteiger partial charge in [0.25, 0.3) is 0 Å². The topological polar surface area (TPSA) is 37.4 Å². The summed E-state index contributed by atoms with van der Waals surface area (Å²) in [6.07, 6.45) is 0.219. The van der Waals surface area contributed by atoms with Crippen LogP contribution in [0.1, 0.15) is 6.92 Å². The molecule has 3 nitrogen and oxygen atoms in total. The number of benzene rings is 3. The van der Waals surface area contributed by atoms with Crippen molar-refractivity contribution >= 4 is 29.3 Å². The van der Waals surface area contributed by atoms with Crippen LogP contribution in [0.3, 0.4) is 0 Å². The molecule has 1 amide bonds. The molecule has 27 heavy (non-hydrogen) atoms. The first-order valence-electron chi connectivity index (χ1n) is 8.88. The molecule has 0 spiro atoms. The summed E-state index contributed by atoms with van der Waals surface area (Å²) in [4.78, 5) is 14.6. The first-order chi connectivity index (χ1) is 13.0. The van der Waals surface area contributed by atoms with Crippen LogP contribution in [-0.4, -0.2) is 19.1 Å². The van der Waals surface area contributed by atoms with E-state index in [0.29, 0.717) is 5.92 Å². The predicted molar refractivity (Wildman–Crippen MR) is 113 cm³/mol. The summed E-state index contributed by atoms with van der Waals surface area (Å²) in [5, 5.41) is 1.54. The van der Waals surface area contributed by atoms with Crippen LogP contribution in [0.2, 0.25) is 0 Å². The van der Waals surface area contributed by atoms with Gasteiger partial charge in [-0.3, -0.25) is 4.79 Å². The molecule has 0 saturated carbocycles. The molecule has 0 aliphatic heterocycles. The Bertz CT molecular complexity index is 883. The van der Waals surface area contributed by atoms with E-state index in [9.17, 15) is 9.36 Å². The molecule has 0 heterocycles. The van der Waals surface area contributed by atoms with E-state index in [4.69, 9.17) is 0 Å². The average molecular weight is 376 g/mol. The second kappa shape index (κ2) is 8.37. The van der Waals surface area contributed by atoms with E-state index in [0.717, 1.165) is 16.3 Å². The minimum absolute atomic E-state index is 0.117. The molecule has 0 atom stereocenters. The Labute approximate surface area is 161 Å². The Morgan fingerprint density at radius 2 is 1.19 bits per heavy atom. The summed E-state index contributed by atoms with van der Waals surface area (Å²) in [5.41, 5.74) is 0.816. The molecule has 0 bridgehead atoms. The molecular weight excluding hydrogens is 353 g/mol. The van der Waals surface area contributed by atoms with Crippen LogP contribution in [0, 0.1) is 5.92 Å². The van der Waals surface area contributed by atoms with Gasteiger partial charge in [-0.25, -0.2) is 0 Å². The third-order valence-electron chi connectivity index (χ3n) is 4.62. The first kappa shape index (κ1) is 19.1. The van der Waals surface area contributed by atoms with Crippen LogP contribution in [0.4, 0.5) is 5.69 Å². The van der Waals surface area contributed by atoms with Crippen LogP contribution >= 0.6 is 7.14 Å². The van der Waals surface area contributed by atoms with Crippen LogP contribution in [0.15, 0.2) is 91.0 Å². The summed E-state index contributed by atoms with van der Waals surface area (Å²) >= 11 is 0. The van der Waals surface area contributed by atoms with Gasteiger partial charge in [0.2, 0.25) is 5.91 Å². The van der Waals surface area contributed by atoms with Crippen LogP contribution in [0.5, 0.6) is 0 Å². The number of hydrogen-bond acceptors (Lipinski definition) is 2. The smallest absolute Gasteiger partial charge is 0.234 e. The highest BCUT2D eigenvalue weighted by atomic mass is 31.2. The van der Waals surface area contributed by atoms with E-state index in [1.807, 2.05) is 91.0 Å². The second-order valence-electron chi connectivity index (χ2n) is 6.55. The zero-order valence-corrected chi connectivity index (χ0v) is 16.5. The highest BCUT2D eigenvalue weighted by Crippen LogP contribution is 2.45. The number of nitrogens with zero attached hydrogens (tertiary/aromatic N) is 1. The maximum absolute atomic E-state index is 14.1. The highest BCUT2D eigenvalue weighted by Gasteiger charge is 2.33. The van der Waals surface area contributed by atoms with E-state index in [1.54, 1.807) is 18.9 Å². The molecule has 3 rings (SSSR count). The van der Waals surface area contributed by atoms with Gasteiger partial charge in [-0.1, -0.05) is 78.9 Å². The Morgan fingerprint density at radius 3 is 1.63 bits per heavy atom. The van der Waals surface area contributed by atoms with Crippen LogP contribution in [-0.2, 0) is 9.36 Å².